The molecule has 1 aromatic carbocycles. The molecular formula is C17H20N4O4. The second-order valence-electron chi connectivity index (χ2n) is 6.59. The molecule has 2 aliphatic heterocycles. The van der Waals surface area contributed by atoms with E-state index in [-0.39, 0.29) is 0 Å². The molecule has 8 nitrogen and oxygen atoms in total. The van der Waals surface area contributed by atoms with Crippen LogP contribution in [0.5, 0.6) is 0 Å². The third-order valence-corrected chi connectivity index (χ3v) is 5.57. The fourth-order valence-corrected chi connectivity index (χ4v) is 3.86. The monoisotopic (exact) mass is 344 g/mol. The molecule has 2 aliphatic rings. The number of carbonyl (C=O) groups excluding carboxylic acids is 4. The largest absolute Gasteiger partial charge is 0.330 e. The van der Waals surface area contributed by atoms with Crippen LogP contribution in [-0.4, -0.2) is 68.9 Å². The molecule has 0 N–H and O–H groups in total. The van der Waals surface area contributed by atoms with Gasteiger partial charge in [-0.25, -0.2) is 19.4 Å². The highest BCUT2D eigenvalue weighted by Gasteiger charge is 2.75. The quantitative estimate of drug-likeness (QED) is 0.774. The second kappa shape index (κ2) is 5.05. The first kappa shape index (κ1) is 16.9. The Balaban J connectivity index is 2.23. The maximum atomic E-state index is 13.1. The van der Waals surface area contributed by atoms with E-state index in [1.165, 1.54) is 30.8 Å². The van der Waals surface area contributed by atoms with Gasteiger partial charge in [-0.2, -0.15) is 0 Å². The smallest absolute Gasteiger partial charge is 0.300 e. The van der Waals surface area contributed by atoms with E-state index >= 15 is 0 Å². The van der Waals surface area contributed by atoms with Gasteiger partial charge in [0, 0.05) is 26.6 Å². The van der Waals surface area contributed by atoms with Crippen molar-refractivity contribution in [3.05, 3.63) is 35.9 Å². The maximum Gasteiger partial charge on any atom is 0.330 e. The third-order valence-electron chi connectivity index (χ3n) is 5.57. The zero-order valence-corrected chi connectivity index (χ0v) is 14.8. The minimum atomic E-state index is -1.47. The van der Waals surface area contributed by atoms with E-state index in [1.807, 2.05) is 0 Å². The zero-order valence-electron chi connectivity index (χ0n) is 14.8. The van der Waals surface area contributed by atoms with Crippen LogP contribution in [0.1, 0.15) is 31.1 Å². The number of urea groups is 2. The molecule has 3 rings (SSSR count). The lowest BCUT2D eigenvalue weighted by molar-refractivity contribution is -0.134. The summed E-state index contributed by atoms with van der Waals surface area (Å²) in [6.45, 7) is 4.48. The van der Waals surface area contributed by atoms with E-state index in [9.17, 15) is 19.2 Å². The number of carbonyl (C=O) groups is 4. The van der Waals surface area contributed by atoms with Gasteiger partial charge in [0.15, 0.2) is 11.3 Å². The molecule has 6 amide bonds. The van der Waals surface area contributed by atoms with Gasteiger partial charge in [0.25, 0.3) is 5.91 Å². The van der Waals surface area contributed by atoms with Gasteiger partial charge in [-0.05, 0) is 26.0 Å². The SMILES string of the molecule is CC(=O)N1C(=O)N(C)[C@]2(C)N(C)C(=O)N(C(=O)c3ccccc3)[C@]12C. The number of nitrogens with zero attached hydrogens (tertiary/aromatic N) is 4. The molecule has 0 saturated carbocycles. The number of hydrogen-bond donors (Lipinski definition) is 0. The summed E-state index contributed by atoms with van der Waals surface area (Å²) in [5, 5.41) is 0. The summed E-state index contributed by atoms with van der Waals surface area (Å²) < 4.78 is 0. The first-order valence-corrected chi connectivity index (χ1v) is 7.86. The predicted octanol–water partition coefficient (Wildman–Crippen LogP) is 1.54. The first-order valence-electron chi connectivity index (χ1n) is 7.86. The lowest BCUT2D eigenvalue weighted by Crippen LogP contribution is -2.65. The number of rotatable bonds is 1. The van der Waals surface area contributed by atoms with E-state index < -0.39 is 35.2 Å². The zero-order chi connectivity index (χ0) is 18.7. The van der Waals surface area contributed by atoms with Gasteiger partial charge in [0.05, 0.1) is 0 Å². The van der Waals surface area contributed by atoms with Crippen molar-refractivity contribution in [3.63, 3.8) is 0 Å². The van der Waals surface area contributed by atoms with Crippen LogP contribution in [0, 0.1) is 0 Å². The van der Waals surface area contributed by atoms with Crippen molar-refractivity contribution in [3.8, 4) is 0 Å². The molecule has 0 bridgehead atoms. The Morgan fingerprint density at radius 2 is 1.32 bits per heavy atom. The molecule has 2 heterocycles. The first-order chi connectivity index (χ1) is 11.6. The molecule has 2 saturated heterocycles. The van der Waals surface area contributed by atoms with Crippen LogP contribution in [0.15, 0.2) is 30.3 Å². The van der Waals surface area contributed by atoms with Crippen molar-refractivity contribution in [1.82, 2.24) is 19.6 Å². The molecule has 0 radical (unpaired) electrons. The minimum Gasteiger partial charge on any atom is -0.300 e. The van der Waals surface area contributed by atoms with Gasteiger partial charge in [0.2, 0.25) is 5.91 Å². The van der Waals surface area contributed by atoms with Crippen LogP contribution in [0.4, 0.5) is 9.59 Å². The number of fused-ring (bicyclic) bond motifs is 1. The molecule has 0 aromatic heterocycles. The molecule has 8 heteroatoms. The number of hydrogen-bond acceptors (Lipinski definition) is 4. The number of amides is 6. The summed E-state index contributed by atoms with van der Waals surface area (Å²) in [6, 6.07) is 7.20. The second-order valence-corrected chi connectivity index (χ2v) is 6.59. The molecule has 132 valence electrons. The van der Waals surface area contributed by atoms with Gasteiger partial charge < -0.3 is 9.80 Å². The lowest BCUT2D eigenvalue weighted by Gasteiger charge is -2.42. The fourth-order valence-electron chi connectivity index (χ4n) is 3.86. The van der Waals surface area contributed by atoms with Gasteiger partial charge in [0.1, 0.15) is 0 Å². The Hall–Kier alpha value is -2.90. The predicted molar refractivity (Wildman–Crippen MR) is 88.3 cm³/mol. The Labute approximate surface area is 145 Å². The maximum absolute atomic E-state index is 13.1. The van der Waals surface area contributed by atoms with Gasteiger partial charge in [-0.15, -0.1) is 0 Å². The van der Waals surface area contributed by atoms with Crippen LogP contribution in [-0.2, 0) is 4.79 Å². The molecule has 25 heavy (non-hydrogen) atoms. The van der Waals surface area contributed by atoms with Crippen LogP contribution in [0.3, 0.4) is 0 Å². The molecule has 2 fully saturated rings. The molecule has 0 aliphatic carbocycles. The minimum absolute atomic E-state index is 0.306. The number of imide groups is 2. The summed E-state index contributed by atoms with van der Waals surface area (Å²) in [4.78, 5) is 55.5. The Bertz CT molecular complexity index is 795. The van der Waals surface area contributed by atoms with Gasteiger partial charge in [-0.1, -0.05) is 18.2 Å². The van der Waals surface area contributed by atoms with Crippen molar-refractivity contribution in [2.45, 2.75) is 32.1 Å². The molecular weight excluding hydrogens is 324 g/mol. The summed E-state index contributed by atoms with van der Waals surface area (Å²) in [5.74, 6) is -1.09. The van der Waals surface area contributed by atoms with Crippen LogP contribution >= 0.6 is 0 Å². The average Bonchev–Trinajstić information content (AvgIpc) is 2.83. The van der Waals surface area contributed by atoms with E-state index in [2.05, 4.69) is 0 Å². The van der Waals surface area contributed by atoms with E-state index in [0.717, 1.165) is 9.80 Å². The number of benzene rings is 1. The van der Waals surface area contributed by atoms with Crippen molar-refractivity contribution in [1.29, 1.82) is 0 Å². The van der Waals surface area contributed by atoms with Crippen molar-refractivity contribution in [2.75, 3.05) is 14.1 Å². The summed E-state index contributed by atoms with van der Waals surface area (Å²) in [7, 11) is 3.04. The van der Waals surface area contributed by atoms with E-state index in [4.69, 9.17) is 0 Å². The highest BCUT2D eigenvalue weighted by Crippen LogP contribution is 2.50. The fraction of sp³-hybridized carbons (Fsp3) is 0.412. The Morgan fingerprint density at radius 1 is 0.840 bits per heavy atom. The van der Waals surface area contributed by atoms with Crippen LogP contribution < -0.4 is 0 Å². The van der Waals surface area contributed by atoms with Gasteiger partial charge >= 0.3 is 12.1 Å². The average molecular weight is 344 g/mol. The van der Waals surface area contributed by atoms with Crippen molar-refractivity contribution >= 4 is 23.9 Å². The Kier molecular flexibility index (Phi) is 3.42. The van der Waals surface area contributed by atoms with Gasteiger partial charge in [-0.3, -0.25) is 9.59 Å². The summed E-state index contributed by atoms with van der Waals surface area (Å²) in [5.41, 5.74) is -2.35. The van der Waals surface area contributed by atoms with E-state index in [0.29, 0.717) is 5.56 Å². The lowest BCUT2D eigenvalue weighted by atomic mass is 9.95. The molecule has 2 atom stereocenters. The standard InChI is InChI=1S/C17H20N4O4/c1-11(22)20-14(24)18(4)16(2)17(20,3)21(15(25)19(16)5)13(23)12-9-7-6-8-10-12/h6-10H,1-5H3/t16-,17+/m1/s1. The molecule has 0 spiro atoms. The van der Waals surface area contributed by atoms with Crippen molar-refractivity contribution in [2.24, 2.45) is 0 Å². The third kappa shape index (κ3) is 1.76. The van der Waals surface area contributed by atoms with Crippen LogP contribution in [0.25, 0.3) is 0 Å². The highest BCUT2D eigenvalue weighted by atomic mass is 16.2. The van der Waals surface area contributed by atoms with Crippen LogP contribution in [0.2, 0.25) is 0 Å². The Morgan fingerprint density at radius 3 is 1.80 bits per heavy atom. The van der Waals surface area contributed by atoms with Crippen molar-refractivity contribution < 1.29 is 19.2 Å². The normalized spacial score (nSPS) is 28.7. The number of likely N-dealkylation sites (N-methyl/N-ethyl adjacent to an activating group) is 2. The summed E-state index contributed by atoms with van der Waals surface area (Å²) in [6.07, 6.45) is 0. The van der Waals surface area contributed by atoms with E-state index in [1.54, 1.807) is 44.2 Å². The summed E-state index contributed by atoms with van der Waals surface area (Å²) >= 11 is 0. The molecule has 1 aromatic rings. The highest BCUT2D eigenvalue weighted by molar-refractivity contribution is 6.09. The molecule has 0 unspecified atom stereocenters. The topological polar surface area (TPSA) is 81.2 Å².